The number of hydrogen-bond donors (Lipinski definition) is 1. The highest BCUT2D eigenvalue weighted by Gasteiger charge is 2.35. The zero-order valence-corrected chi connectivity index (χ0v) is 11.0. The number of methoxy groups -OCH3 is 1. The van der Waals surface area contributed by atoms with E-state index in [2.05, 4.69) is 33.0 Å². The van der Waals surface area contributed by atoms with Crippen molar-refractivity contribution in [2.75, 3.05) is 20.2 Å². The minimum atomic E-state index is 0.00831. The van der Waals surface area contributed by atoms with Gasteiger partial charge in [-0.25, -0.2) is 0 Å². The molecule has 2 heteroatoms. The van der Waals surface area contributed by atoms with Gasteiger partial charge in [0.1, 0.15) is 0 Å². The molecule has 0 aromatic rings. The fourth-order valence-electron chi connectivity index (χ4n) is 2.92. The first-order valence-electron chi connectivity index (χ1n) is 6.13. The van der Waals surface area contributed by atoms with Crippen LogP contribution in [0.15, 0.2) is 0 Å². The van der Waals surface area contributed by atoms with Gasteiger partial charge >= 0.3 is 0 Å². The van der Waals surface area contributed by atoms with E-state index in [-0.39, 0.29) is 5.60 Å². The Morgan fingerprint density at radius 2 is 1.67 bits per heavy atom. The molecule has 1 N–H and O–H groups in total. The molecule has 0 aliphatic carbocycles. The summed E-state index contributed by atoms with van der Waals surface area (Å²) in [4.78, 5) is 0. The molecular weight excluding hydrogens is 186 g/mol. The molecule has 90 valence electrons. The molecule has 1 saturated heterocycles. The second-order valence-electron chi connectivity index (χ2n) is 6.15. The highest BCUT2D eigenvalue weighted by Crippen LogP contribution is 2.40. The SMILES string of the molecule is COC(C)(C)CC(C)(C)C1CCNCC1. The Morgan fingerprint density at radius 3 is 2.13 bits per heavy atom. The molecule has 1 aliphatic heterocycles. The zero-order valence-electron chi connectivity index (χ0n) is 11.0. The quantitative estimate of drug-likeness (QED) is 0.775. The van der Waals surface area contributed by atoms with Gasteiger partial charge in [0.05, 0.1) is 5.60 Å². The van der Waals surface area contributed by atoms with Crippen LogP contribution in [0.2, 0.25) is 0 Å². The van der Waals surface area contributed by atoms with Crippen LogP contribution >= 0.6 is 0 Å². The second-order valence-corrected chi connectivity index (χ2v) is 6.15. The first-order valence-corrected chi connectivity index (χ1v) is 6.13. The second kappa shape index (κ2) is 4.84. The van der Waals surface area contributed by atoms with Gasteiger partial charge in [0.25, 0.3) is 0 Å². The topological polar surface area (TPSA) is 21.3 Å². The lowest BCUT2D eigenvalue weighted by atomic mass is 9.69. The Morgan fingerprint density at radius 1 is 1.13 bits per heavy atom. The lowest BCUT2D eigenvalue weighted by molar-refractivity contribution is -0.0305. The molecule has 0 spiro atoms. The summed E-state index contributed by atoms with van der Waals surface area (Å²) in [7, 11) is 1.82. The van der Waals surface area contributed by atoms with Gasteiger partial charge in [-0.1, -0.05) is 13.8 Å². The predicted octanol–water partition coefficient (Wildman–Crippen LogP) is 2.83. The average molecular weight is 213 g/mol. The maximum Gasteiger partial charge on any atom is 0.0627 e. The molecule has 2 nitrogen and oxygen atoms in total. The first-order chi connectivity index (χ1) is 6.87. The van der Waals surface area contributed by atoms with Crippen molar-refractivity contribution in [3.8, 4) is 0 Å². The van der Waals surface area contributed by atoms with Crippen LogP contribution in [-0.2, 0) is 4.74 Å². The van der Waals surface area contributed by atoms with Gasteiger partial charge in [-0.15, -0.1) is 0 Å². The Hall–Kier alpha value is -0.0800. The summed E-state index contributed by atoms with van der Waals surface area (Å²) in [5, 5.41) is 3.43. The standard InChI is InChI=1S/C13H27NO/c1-12(2,10-13(3,4)15-5)11-6-8-14-9-7-11/h11,14H,6-10H2,1-5H3. The van der Waals surface area contributed by atoms with Gasteiger partial charge in [0.2, 0.25) is 0 Å². The van der Waals surface area contributed by atoms with E-state index in [1.54, 1.807) is 0 Å². The van der Waals surface area contributed by atoms with E-state index in [9.17, 15) is 0 Å². The zero-order chi connectivity index (χ0) is 11.5. The molecule has 1 fully saturated rings. The smallest absolute Gasteiger partial charge is 0.0627 e. The average Bonchev–Trinajstić information content (AvgIpc) is 2.18. The van der Waals surface area contributed by atoms with Crippen molar-refractivity contribution >= 4 is 0 Å². The number of ether oxygens (including phenoxy) is 1. The molecule has 0 amide bonds. The first kappa shape index (κ1) is 13.0. The molecule has 0 aromatic carbocycles. The van der Waals surface area contributed by atoms with Crippen LogP contribution in [0.5, 0.6) is 0 Å². The lowest BCUT2D eigenvalue weighted by Crippen LogP contribution is -2.40. The highest BCUT2D eigenvalue weighted by atomic mass is 16.5. The minimum absolute atomic E-state index is 0.00831. The van der Waals surface area contributed by atoms with Crippen molar-refractivity contribution < 1.29 is 4.74 Å². The molecule has 0 unspecified atom stereocenters. The molecule has 0 radical (unpaired) electrons. The van der Waals surface area contributed by atoms with E-state index < -0.39 is 0 Å². The molecule has 15 heavy (non-hydrogen) atoms. The number of hydrogen-bond acceptors (Lipinski definition) is 2. The van der Waals surface area contributed by atoms with E-state index in [0.29, 0.717) is 5.41 Å². The Bertz CT molecular complexity index is 193. The maximum atomic E-state index is 5.55. The van der Waals surface area contributed by atoms with Crippen LogP contribution in [0.4, 0.5) is 0 Å². The summed E-state index contributed by atoms with van der Waals surface area (Å²) in [6.07, 6.45) is 3.76. The Labute approximate surface area is 94.8 Å². The fraction of sp³-hybridized carbons (Fsp3) is 1.00. The predicted molar refractivity (Wildman–Crippen MR) is 65.1 cm³/mol. The molecular formula is C13H27NO. The Kier molecular flexibility index (Phi) is 4.19. The number of rotatable bonds is 4. The van der Waals surface area contributed by atoms with Crippen molar-refractivity contribution in [1.82, 2.24) is 5.32 Å². The molecule has 0 bridgehead atoms. The third kappa shape index (κ3) is 3.76. The van der Waals surface area contributed by atoms with Crippen LogP contribution in [0.1, 0.15) is 47.0 Å². The molecule has 0 saturated carbocycles. The van der Waals surface area contributed by atoms with Crippen molar-refractivity contribution in [2.24, 2.45) is 11.3 Å². The molecule has 0 aromatic heterocycles. The third-order valence-corrected chi connectivity index (χ3v) is 3.88. The van der Waals surface area contributed by atoms with Crippen LogP contribution in [0.3, 0.4) is 0 Å². The van der Waals surface area contributed by atoms with Crippen LogP contribution < -0.4 is 5.32 Å². The summed E-state index contributed by atoms with van der Waals surface area (Å²) in [5.74, 6) is 0.841. The van der Waals surface area contributed by atoms with Crippen molar-refractivity contribution in [3.63, 3.8) is 0 Å². The van der Waals surface area contributed by atoms with Crippen LogP contribution in [0.25, 0.3) is 0 Å². The molecule has 1 aliphatic rings. The summed E-state index contributed by atoms with van der Waals surface area (Å²) in [5.41, 5.74) is 0.399. The van der Waals surface area contributed by atoms with E-state index in [0.717, 1.165) is 12.3 Å². The lowest BCUT2D eigenvalue weighted by Gasteiger charge is -2.41. The van der Waals surface area contributed by atoms with Crippen LogP contribution in [-0.4, -0.2) is 25.8 Å². The van der Waals surface area contributed by atoms with Gasteiger partial charge in [-0.05, 0) is 57.5 Å². The monoisotopic (exact) mass is 213 g/mol. The minimum Gasteiger partial charge on any atom is -0.379 e. The van der Waals surface area contributed by atoms with E-state index in [1.165, 1.54) is 25.9 Å². The van der Waals surface area contributed by atoms with Crippen molar-refractivity contribution in [2.45, 2.75) is 52.6 Å². The van der Waals surface area contributed by atoms with E-state index in [1.807, 2.05) is 7.11 Å². The van der Waals surface area contributed by atoms with Crippen LogP contribution in [0, 0.1) is 11.3 Å². The van der Waals surface area contributed by atoms with Crippen molar-refractivity contribution in [3.05, 3.63) is 0 Å². The highest BCUT2D eigenvalue weighted by molar-refractivity contribution is 4.87. The van der Waals surface area contributed by atoms with E-state index >= 15 is 0 Å². The van der Waals surface area contributed by atoms with Gasteiger partial charge < -0.3 is 10.1 Å². The normalized spacial score (nSPS) is 20.6. The van der Waals surface area contributed by atoms with Gasteiger partial charge in [0, 0.05) is 7.11 Å². The van der Waals surface area contributed by atoms with Gasteiger partial charge in [0.15, 0.2) is 0 Å². The summed E-state index contributed by atoms with van der Waals surface area (Å²) >= 11 is 0. The summed E-state index contributed by atoms with van der Waals surface area (Å²) in [6, 6.07) is 0. The van der Waals surface area contributed by atoms with Gasteiger partial charge in [-0.2, -0.15) is 0 Å². The largest absolute Gasteiger partial charge is 0.379 e. The van der Waals surface area contributed by atoms with Crippen molar-refractivity contribution in [1.29, 1.82) is 0 Å². The summed E-state index contributed by atoms with van der Waals surface area (Å²) in [6.45, 7) is 11.5. The maximum absolute atomic E-state index is 5.55. The van der Waals surface area contributed by atoms with Gasteiger partial charge in [-0.3, -0.25) is 0 Å². The molecule has 1 heterocycles. The number of nitrogens with one attached hydrogen (secondary N) is 1. The molecule has 1 rings (SSSR count). The third-order valence-electron chi connectivity index (χ3n) is 3.88. The Balaban J connectivity index is 2.56. The fourth-order valence-corrected chi connectivity index (χ4v) is 2.92. The van der Waals surface area contributed by atoms with E-state index in [4.69, 9.17) is 4.74 Å². The summed E-state index contributed by atoms with van der Waals surface area (Å²) < 4.78 is 5.55. The number of piperidine rings is 1. The molecule has 0 atom stereocenters.